The molecule has 0 saturated heterocycles. The maximum atomic E-state index is 12.3. The van der Waals surface area contributed by atoms with Crippen LogP contribution in [0.5, 0.6) is 5.75 Å². The lowest BCUT2D eigenvalue weighted by molar-refractivity contribution is 0.102. The van der Waals surface area contributed by atoms with Crippen LogP contribution in [0.1, 0.15) is 20.9 Å². The maximum absolute atomic E-state index is 12.3. The summed E-state index contributed by atoms with van der Waals surface area (Å²) in [4.78, 5) is 24.1. The Morgan fingerprint density at radius 1 is 1.38 bits per heavy atom. The maximum Gasteiger partial charge on any atom is 0.307 e. The van der Waals surface area contributed by atoms with Gasteiger partial charge in [-0.05, 0) is 25.5 Å². The Morgan fingerprint density at radius 2 is 2.05 bits per heavy atom. The van der Waals surface area contributed by atoms with E-state index in [2.05, 4.69) is 5.32 Å². The summed E-state index contributed by atoms with van der Waals surface area (Å²) in [6.45, 7) is 3.57. The minimum Gasteiger partial charge on any atom is -0.495 e. The van der Waals surface area contributed by atoms with E-state index in [4.69, 9.17) is 16.3 Å². The number of methoxy groups -OCH3 is 1. The molecule has 0 bridgehead atoms. The van der Waals surface area contributed by atoms with Gasteiger partial charge >= 0.3 is 4.87 Å². The fraction of sp³-hybridized carbons (Fsp3) is 0.286. The average Bonchev–Trinajstić information content (AvgIpc) is 2.70. The van der Waals surface area contributed by atoms with Crippen molar-refractivity contribution in [1.29, 1.82) is 0 Å². The number of hydrogen-bond donors (Lipinski definition) is 1. The summed E-state index contributed by atoms with van der Waals surface area (Å²) in [7, 11) is 3.14. The zero-order valence-corrected chi connectivity index (χ0v) is 13.7. The van der Waals surface area contributed by atoms with Crippen LogP contribution in [0.15, 0.2) is 16.9 Å². The number of ether oxygens (including phenoxy) is 1. The number of hydrogen-bond acceptors (Lipinski definition) is 4. The van der Waals surface area contributed by atoms with Gasteiger partial charge in [0.15, 0.2) is 0 Å². The smallest absolute Gasteiger partial charge is 0.307 e. The first-order valence-corrected chi connectivity index (χ1v) is 7.36. The normalized spacial score (nSPS) is 10.5. The van der Waals surface area contributed by atoms with E-state index in [0.717, 1.165) is 16.9 Å². The van der Waals surface area contributed by atoms with E-state index in [1.54, 1.807) is 26.1 Å². The van der Waals surface area contributed by atoms with Crippen molar-refractivity contribution in [3.8, 4) is 5.75 Å². The van der Waals surface area contributed by atoms with Gasteiger partial charge in [0.1, 0.15) is 10.6 Å². The Labute approximate surface area is 131 Å². The Balaban J connectivity index is 2.38. The largest absolute Gasteiger partial charge is 0.495 e. The van der Waals surface area contributed by atoms with E-state index < -0.39 is 0 Å². The topological polar surface area (TPSA) is 60.3 Å². The summed E-state index contributed by atoms with van der Waals surface area (Å²) in [6, 6.07) is 3.38. The van der Waals surface area contributed by atoms with Crippen LogP contribution in [-0.2, 0) is 7.05 Å². The van der Waals surface area contributed by atoms with Crippen LogP contribution < -0.4 is 14.9 Å². The SMILES string of the molecule is COc1cc(Cl)c(C)cc1NC(=O)c1sc(=O)n(C)c1C. The van der Waals surface area contributed by atoms with Gasteiger partial charge in [-0.15, -0.1) is 0 Å². The number of nitrogens with one attached hydrogen (secondary N) is 1. The van der Waals surface area contributed by atoms with Crippen molar-refractivity contribution < 1.29 is 9.53 Å². The third-order valence-corrected chi connectivity index (χ3v) is 4.77. The molecule has 21 heavy (non-hydrogen) atoms. The van der Waals surface area contributed by atoms with Gasteiger partial charge in [-0.1, -0.05) is 22.9 Å². The zero-order valence-electron chi connectivity index (χ0n) is 12.1. The Kier molecular flexibility index (Phi) is 4.39. The van der Waals surface area contributed by atoms with Gasteiger partial charge in [-0.25, -0.2) is 0 Å². The van der Waals surface area contributed by atoms with Crippen molar-refractivity contribution in [3.05, 3.63) is 43.0 Å². The van der Waals surface area contributed by atoms with Gasteiger partial charge in [0.25, 0.3) is 5.91 Å². The summed E-state index contributed by atoms with van der Waals surface area (Å²) in [5.41, 5.74) is 1.98. The fourth-order valence-corrected chi connectivity index (χ4v) is 2.87. The van der Waals surface area contributed by atoms with E-state index in [9.17, 15) is 9.59 Å². The highest BCUT2D eigenvalue weighted by molar-refractivity contribution is 7.11. The summed E-state index contributed by atoms with van der Waals surface area (Å²) in [5, 5.41) is 3.32. The molecular weight excluding hydrogens is 312 g/mol. The minimum atomic E-state index is -0.338. The fourth-order valence-electron chi connectivity index (χ4n) is 1.84. The van der Waals surface area contributed by atoms with E-state index in [-0.39, 0.29) is 10.8 Å². The van der Waals surface area contributed by atoms with Gasteiger partial charge in [-0.2, -0.15) is 0 Å². The molecule has 0 saturated carbocycles. The monoisotopic (exact) mass is 326 g/mol. The lowest BCUT2D eigenvalue weighted by atomic mass is 10.2. The molecule has 0 aliphatic heterocycles. The van der Waals surface area contributed by atoms with E-state index in [0.29, 0.717) is 27.0 Å². The molecular formula is C14H15ClN2O3S. The van der Waals surface area contributed by atoms with Gasteiger partial charge in [0.05, 0.1) is 12.8 Å². The van der Waals surface area contributed by atoms with Gasteiger partial charge < -0.3 is 14.6 Å². The van der Waals surface area contributed by atoms with Crippen molar-refractivity contribution in [2.45, 2.75) is 13.8 Å². The van der Waals surface area contributed by atoms with E-state index in [1.165, 1.54) is 11.7 Å². The molecule has 1 aromatic heterocycles. The van der Waals surface area contributed by atoms with Crippen LogP contribution in [0.4, 0.5) is 5.69 Å². The van der Waals surface area contributed by atoms with Crippen molar-refractivity contribution >= 4 is 34.5 Å². The quantitative estimate of drug-likeness (QED) is 0.943. The van der Waals surface area contributed by atoms with Crippen molar-refractivity contribution in [1.82, 2.24) is 4.57 Å². The molecule has 1 aromatic carbocycles. The first kappa shape index (κ1) is 15.6. The summed E-state index contributed by atoms with van der Waals surface area (Å²) in [5.74, 6) is 0.134. The standard InChI is InChI=1S/C14H15ClN2O3S/c1-7-5-10(11(20-4)6-9(7)15)16-13(18)12-8(2)17(3)14(19)21-12/h5-6H,1-4H3,(H,16,18). The van der Waals surface area contributed by atoms with E-state index >= 15 is 0 Å². The van der Waals surface area contributed by atoms with Crippen LogP contribution in [-0.4, -0.2) is 17.6 Å². The number of carbonyl (C=O) groups is 1. The zero-order chi connectivity index (χ0) is 15.7. The molecule has 2 aromatic rings. The highest BCUT2D eigenvalue weighted by atomic mass is 35.5. The second kappa shape index (κ2) is 5.91. The second-order valence-electron chi connectivity index (χ2n) is 4.60. The Bertz CT molecular complexity index is 764. The minimum absolute atomic E-state index is 0.170. The van der Waals surface area contributed by atoms with Crippen LogP contribution in [0.2, 0.25) is 5.02 Å². The van der Waals surface area contributed by atoms with Crippen LogP contribution in [0.3, 0.4) is 0 Å². The molecule has 0 aliphatic carbocycles. The molecule has 1 N–H and O–H groups in total. The van der Waals surface area contributed by atoms with Crippen LogP contribution >= 0.6 is 22.9 Å². The molecule has 0 unspecified atom stereocenters. The number of halogens is 1. The van der Waals surface area contributed by atoms with Crippen molar-refractivity contribution in [3.63, 3.8) is 0 Å². The lowest BCUT2D eigenvalue weighted by Gasteiger charge is -2.12. The molecule has 0 spiro atoms. The average molecular weight is 327 g/mol. The van der Waals surface area contributed by atoms with Crippen LogP contribution in [0, 0.1) is 13.8 Å². The third-order valence-electron chi connectivity index (χ3n) is 3.23. The Morgan fingerprint density at radius 3 is 2.57 bits per heavy atom. The van der Waals surface area contributed by atoms with Gasteiger partial charge in [0, 0.05) is 23.8 Å². The molecule has 1 heterocycles. The Hall–Kier alpha value is -1.79. The number of carbonyl (C=O) groups excluding carboxylic acids is 1. The highest BCUT2D eigenvalue weighted by Gasteiger charge is 2.18. The third kappa shape index (κ3) is 2.96. The number of thiazole rings is 1. The lowest BCUT2D eigenvalue weighted by Crippen LogP contribution is -2.13. The van der Waals surface area contributed by atoms with Crippen molar-refractivity contribution in [2.75, 3.05) is 12.4 Å². The number of aryl methyl sites for hydroxylation is 1. The molecule has 0 atom stereocenters. The highest BCUT2D eigenvalue weighted by Crippen LogP contribution is 2.31. The number of nitrogens with zero attached hydrogens (tertiary/aromatic N) is 1. The number of amides is 1. The first-order valence-electron chi connectivity index (χ1n) is 6.17. The number of benzene rings is 1. The summed E-state index contributed by atoms with van der Waals surface area (Å²) >= 11 is 6.95. The molecule has 0 fully saturated rings. The molecule has 0 aliphatic rings. The number of anilines is 1. The number of rotatable bonds is 3. The van der Waals surface area contributed by atoms with Crippen LogP contribution in [0.25, 0.3) is 0 Å². The number of aromatic nitrogens is 1. The second-order valence-corrected chi connectivity index (χ2v) is 5.97. The molecule has 1 amide bonds. The predicted molar refractivity (Wildman–Crippen MR) is 85.0 cm³/mol. The summed E-state index contributed by atoms with van der Waals surface area (Å²) in [6.07, 6.45) is 0. The van der Waals surface area contributed by atoms with Crippen molar-refractivity contribution in [2.24, 2.45) is 7.05 Å². The molecule has 5 nitrogen and oxygen atoms in total. The first-order chi connectivity index (χ1) is 9.85. The van der Waals surface area contributed by atoms with Gasteiger partial charge in [0.2, 0.25) is 0 Å². The summed E-state index contributed by atoms with van der Waals surface area (Å²) < 4.78 is 6.66. The predicted octanol–water partition coefficient (Wildman–Crippen LogP) is 2.98. The molecule has 7 heteroatoms. The molecule has 2 rings (SSSR count). The molecule has 0 radical (unpaired) electrons. The van der Waals surface area contributed by atoms with Gasteiger partial charge in [-0.3, -0.25) is 9.59 Å². The molecule has 112 valence electrons. The van der Waals surface area contributed by atoms with E-state index in [1.807, 2.05) is 6.92 Å².